The van der Waals surface area contributed by atoms with E-state index in [-0.39, 0.29) is 5.56 Å². The molecule has 0 aliphatic carbocycles. The summed E-state index contributed by atoms with van der Waals surface area (Å²) in [6.07, 6.45) is 3.89. The van der Waals surface area contributed by atoms with E-state index in [1.807, 2.05) is 42.7 Å². The lowest BCUT2D eigenvalue weighted by atomic mass is 10.1. The fourth-order valence-corrected chi connectivity index (χ4v) is 5.56. The third kappa shape index (κ3) is 5.37. The number of benzene rings is 3. The van der Waals surface area contributed by atoms with Crippen LogP contribution < -0.4 is 10.3 Å². The smallest absolute Gasteiger partial charge is 0.259 e. The Kier molecular flexibility index (Phi) is 7.36. The number of nitrogens with zero attached hydrogens (tertiary/aromatic N) is 5. The highest BCUT2D eigenvalue weighted by Gasteiger charge is 2.24. The maximum atomic E-state index is 13.4. The molecule has 6 rings (SSSR count). The van der Waals surface area contributed by atoms with E-state index in [2.05, 4.69) is 69.6 Å². The number of hydrogen-bond donors (Lipinski definition) is 1. The highest BCUT2D eigenvalue weighted by atomic mass is 16.5. The van der Waals surface area contributed by atoms with Gasteiger partial charge in [-0.15, -0.1) is 0 Å². The zero-order valence-corrected chi connectivity index (χ0v) is 23.4. The van der Waals surface area contributed by atoms with Gasteiger partial charge in [-0.3, -0.25) is 9.69 Å². The van der Waals surface area contributed by atoms with Gasteiger partial charge in [0.2, 0.25) is 0 Å². The normalized spacial score (nSPS) is 15.9. The molecule has 0 bridgehead atoms. The lowest BCUT2D eigenvalue weighted by Gasteiger charge is -2.21. The van der Waals surface area contributed by atoms with Crippen molar-refractivity contribution in [1.29, 1.82) is 0 Å². The van der Waals surface area contributed by atoms with Gasteiger partial charge in [-0.1, -0.05) is 43.3 Å². The van der Waals surface area contributed by atoms with Gasteiger partial charge >= 0.3 is 0 Å². The number of likely N-dealkylation sites (tertiary alicyclic amines) is 1. The van der Waals surface area contributed by atoms with Crippen molar-refractivity contribution < 1.29 is 4.74 Å². The van der Waals surface area contributed by atoms with Crippen LogP contribution >= 0.6 is 0 Å². The molecule has 1 N–H and O–H groups in total. The summed E-state index contributed by atoms with van der Waals surface area (Å²) in [6.45, 7) is 6.34. The molecule has 3 heterocycles. The second-order valence-electron chi connectivity index (χ2n) is 11.0. The van der Waals surface area contributed by atoms with Crippen molar-refractivity contribution in [2.45, 2.75) is 38.9 Å². The van der Waals surface area contributed by atoms with Gasteiger partial charge in [-0.05, 0) is 62.3 Å². The molecular formula is C32H36N6O2. The van der Waals surface area contributed by atoms with Crippen LogP contribution in [0.2, 0.25) is 0 Å². The summed E-state index contributed by atoms with van der Waals surface area (Å²) >= 11 is 0. The fraction of sp³-hybridized carbons (Fsp3) is 0.344. The molecule has 1 atom stereocenters. The van der Waals surface area contributed by atoms with Crippen LogP contribution in [0.25, 0.3) is 33.3 Å². The number of ether oxygens (including phenoxy) is 1. The summed E-state index contributed by atoms with van der Waals surface area (Å²) in [5.41, 5.74) is 5.33. The first-order valence-electron chi connectivity index (χ1n) is 14.1. The zero-order chi connectivity index (χ0) is 27.6. The highest BCUT2D eigenvalue weighted by molar-refractivity contribution is 5.93. The van der Waals surface area contributed by atoms with Gasteiger partial charge in [0.1, 0.15) is 11.6 Å². The number of H-pyrrole nitrogens is 1. The van der Waals surface area contributed by atoms with Gasteiger partial charge in [-0.25, -0.2) is 9.97 Å². The van der Waals surface area contributed by atoms with Gasteiger partial charge in [-0.2, -0.15) is 0 Å². The van der Waals surface area contributed by atoms with Crippen LogP contribution in [0.1, 0.15) is 30.9 Å². The van der Waals surface area contributed by atoms with Crippen LogP contribution in [0, 0.1) is 0 Å². The van der Waals surface area contributed by atoms with Crippen LogP contribution in [0.15, 0.2) is 71.8 Å². The number of aromatic amines is 1. The molecule has 0 spiro atoms. The van der Waals surface area contributed by atoms with E-state index in [4.69, 9.17) is 9.72 Å². The van der Waals surface area contributed by atoms with Gasteiger partial charge < -0.3 is 19.2 Å². The Balaban J connectivity index is 1.36. The molecule has 1 saturated heterocycles. The highest BCUT2D eigenvalue weighted by Crippen LogP contribution is 2.31. The summed E-state index contributed by atoms with van der Waals surface area (Å²) in [5.74, 6) is 1.25. The zero-order valence-electron chi connectivity index (χ0n) is 23.4. The average Bonchev–Trinajstić information content (AvgIpc) is 3.59. The first-order chi connectivity index (χ1) is 19.5. The van der Waals surface area contributed by atoms with Crippen LogP contribution in [0.3, 0.4) is 0 Å². The lowest BCUT2D eigenvalue weighted by molar-refractivity contribution is 0.264. The van der Waals surface area contributed by atoms with Crippen LogP contribution in [0.5, 0.6) is 5.75 Å². The number of nitrogens with one attached hydrogen (secondary N) is 1. The van der Waals surface area contributed by atoms with Crippen LogP contribution in [0.4, 0.5) is 0 Å². The molecule has 206 valence electrons. The Morgan fingerprint density at radius 2 is 1.88 bits per heavy atom. The van der Waals surface area contributed by atoms with Gasteiger partial charge in [0.25, 0.3) is 5.56 Å². The molecule has 0 saturated carbocycles. The van der Waals surface area contributed by atoms with Crippen LogP contribution in [-0.2, 0) is 13.1 Å². The molecule has 8 heteroatoms. The Hall–Kier alpha value is -4.01. The topological polar surface area (TPSA) is 79.3 Å². The number of aromatic nitrogens is 4. The number of hydrogen-bond acceptors (Lipinski definition) is 6. The van der Waals surface area contributed by atoms with Crippen molar-refractivity contribution in [2.75, 3.05) is 33.8 Å². The fourth-order valence-electron chi connectivity index (χ4n) is 5.56. The first kappa shape index (κ1) is 26.2. The number of fused-ring (bicyclic) bond motifs is 2. The largest absolute Gasteiger partial charge is 0.493 e. The Labute approximate surface area is 234 Å². The summed E-state index contributed by atoms with van der Waals surface area (Å²) < 4.78 is 8.16. The number of likely N-dealkylation sites (N-methyl/N-ethyl adjacent to an activating group) is 1. The van der Waals surface area contributed by atoms with Gasteiger partial charge in [0.15, 0.2) is 0 Å². The SMILES string of the molecule is CCCOc1ccc(CN2CC[C@@H](N(C)C)C2)cc1-c1nc2cc3ncn(Cc4ccccc4)c3cc2c(=O)[nH]1. The average molecular weight is 537 g/mol. The molecule has 40 heavy (non-hydrogen) atoms. The molecular weight excluding hydrogens is 500 g/mol. The number of imidazole rings is 1. The lowest BCUT2D eigenvalue weighted by Crippen LogP contribution is -2.31. The molecule has 1 aliphatic heterocycles. The third-order valence-corrected chi connectivity index (χ3v) is 7.79. The molecule has 5 aromatic rings. The summed E-state index contributed by atoms with van der Waals surface area (Å²) in [7, 11) is 4.30. The second kappa shape index (κ2) is 11.2. The van der Waals surface area contributed by atoms with Crippen molar-refractivity contribution >= 4 is 21.9 Å². The molecule has 1 fully saturated rings. The van der Waals surface area contributed by atoms with E-state index in [0.717, 1.165) is 48.4 Å². The quantitative estimate of drug-likeness (QED) is 0.288. The molecule has 0 radical (unpaired) electrons. The first-order valence-corrected chi connectivity index (χ1v) is 14.1. The van der Waals surface area contributed by atoms with Crippen molar-refractivity contribution in [1.82, 2.24) is 29.3 Å². The van der Waals surface area contributed by atoms with Crippen LogP contribution in [-0.4, -0.2) is 69.2 Å². The van der Waals surface area contributed by atoms with E-state index in [0.29, 0.717) is 35.9 Å². The van der Waals surface area contributed by atoms with E-state index in [9.17, 15) is 4.79 Å². The predicted molar refractivity (Wildman–Crippen MR) is 160 cm³/mol. The van der Waals surface area contributed by atoms with E-state index in [1.54, 1.807) is 0 Å². The summed E-state index contributed by atoms with van der Waals surface area (Å²) in [6, 6.07) is 20.9. The summed E-state index contributed by atoms with van der Waals surface area (Å²) in [4.78, 5) is 30.8. The Bertz CT molecular complexity index is 1690. The maximum Gasteiger partial charge on any atom is 0.259 e. The minimum absolute atomic E-state index is 0.172. The Morgan fingerprint density at radius 3 is 2.65 bits per heavy atom. The predicted octanol–water partition coefficient (Wildman–Crippen LogP) is 4.91. The monoisotopic (exact) mass is 536 g/mol. The minimum Gasteiger partial charge on any atom is -0.493 e. The second-order valence-corrected chi connectivity index (χ2v) is 11.0. The Morgan fingerprint density at radius 1 is 1.02 bits per heavy atom. The molecule has 8 nitrogen and oxygen atoms in total. The molecule has 1 aliphatic rings. The molecule has 2 aromatic heterocycles. The van der Waals surface area contributed by atoms with E-state index in [1.165, 1.54) is 17.5 Å². The van der Waals surface area contributed by atoms with Crippen molar-refractivity contribution in [3.8, 4) is 17.1 Å². The third-order valence-electron chi connectivity index (χ3n) is 7.79. The standard InChI is InChI=1S/C32H36N6O2/c1-4-14-40-30-11-10-23(18-37-13-12-24(20-37)36(2)3)15-26(30)31-34-27-17-28-29(16-25(27)32(39)35-31)38(21-33-28)19-22-8-6-5-7-9-22/h5-11,15-17,21,24H,4,12-14,18-20H2,1-3H3,(H,34,35,39)/t24-/m1/s1. The summed E-state index contributed by atoms with van der Waals surface area (Å²) in [5, 5.41) is 0.546. The molecule has 3 aromatic carbocycles. The maximum absolute atomic E-state index is 13.4. The van der Waals surface area contributed by atoms with E-state index < -0.39 is 0 Å². The van der Waals surface area contributed by atoms with Gasteiger partial charge in [0, 0.05) is 32.2 Å². The minimum atomic E-state index is -0.172. The van der Waals surface area contributed by atoms with E-state index >= 15 is 0 Å². The van der Waals surface area contributed by atoms with Crippen molar-refractivity contribution in [3.63, 3.8) is 0 Å². The molecule has 0 amide bonds. The number of rotatable bonds is 9. The van der Waals surface area contributed by atoms with Crippen molar-refractivity contribution in [3.05, 3.63) is 88.5 Å². The van der Waals surface area contributed by atoms with Crippen molar-refractivity contribution in [2.24, 2.45) is 0 Å². The van der Waals surface area contributed by atoms with Gasteiger partial charge in [0.05, 0.1) is 40.4 Å². The molecule has 0 unspecified atom stereocenters.